The first kappa shape index (κ1) is 64.9. The third-order valence-corrected chi connectivity index (χ3v) is 17.0. The molecule has 0 aliphatic heterocycles. The van der Waals surface area contributed by atoms with Crippen molar-refractivity contribution in [2.45, 2.75) is 120 Å². The highest BCUT2D eigenvalue weighted by Gasteiger charge is 2.24. The molecule has 0 bridgehead atoms. The van der Waals surface area contributed by atoms with Gasteiger partial charge in [0.15, 0.2) is 16.8 Å². The molecule has 0 fully saturated rings. The minimum absolute atomic E-state index is 0.130. The van der Waals surface area contributed by atoms with Gasteiger partial charge < -0.3 is 8.98 Å². The van der Waals surface area contributed by atoms with Crippen LogP contribution in [0.25, 0.3) is 53.7 Å². The zero-order chi connectivity index (χ0) is 63.6. The highest BCUT2D eigenvalue weighted by Crippen LogP contribution is 2.33. The molecule has 0 aliphatic rings. The van der Waals surface area contributed by atoms with Gasteiger partial charge in [0.05, 0.1) is 22.2 Å². The summed E-state index contributed by atoms with van der Waals surface area (Å²) in [6.45, 7) is 25.7. The summed E-state index contributed by atoms with van der Waals surface area (Å²) in [5.74, 6) is 2.27. The Labute approximate surface area is 488 Å². The maximum atomic E-state index is 12.2. The van der Waals surface area contributed by atoms with Crippen LogP contribution in [0.1, 0.15) is 138 Å². The normalized spacial score (nSPS) is 11.6. The predicted octanol–water partition coefficient (Wildman–Crippen LogP) is 4.23. The Morgan fingerprint density at radius 1 is 0.429 bits per heavy atom. The van der Waals surface area contributed by atoms with Crippen molar-refractivity contribution in [3.8, 4) is 0 Å². The van der Waals surface area contributed by atoms with Crippen LogP contribution >= 0.6 is 22.9 Å². The molecule has 10 aromatic rings. The smallest absolute Gasteiger partial charge is 0.333 e. The second-order valence-corrected chi connectivity index (χ2v) is 24.4. The molecule has 0 atom stereocenters. The molecule has 26 nitrogen and oxygen atoms in total. The lowest BCUT2D eigenvalue weighted by atomic mass is 10.0. The summed E-state index contributed by atoms with van der Waals surface area (Å²) in [5, 5.41) is 6.59. The molecule has 0 unspecified atom stereocenters. The standard InChI is InChI=1S/C12H16N2O3.C12H16N2O2S.2C11H16N4O2.C10H13N3O2S/c2*1-6(2)8-7(3)17-11-9(8)10(15)13(4)12(16)14(11)5;1-6(2)8-7-9(12-15(8)5)13(3)11(17)14(4)10(7)16;1-6(2)15-7(3)12-9-8(15)10(16)14(5)11(17)13(9)4;1-5(2)7-6-8(14)12(3)10(15)13(4)9(6)16-11-7/h4*6H,1-5H3;5H,1-4H3. The summed E-state index contributed by atoms with van der Waals surface area (Å²) in [4.78, 5) is 126. The van der Waals surface area contributed by atoms with E-state index < -0.39 is 0 Å². The second-order valence-electron chi connectivity index (χ2n) is 22.4. The number of imidazole rings is 1. The SMILES string of the molecule is CC(C)c1c2c(=O)n(C)c(=O)n(C)c2nn1C.CC(C)c1nsc2c1c(=O)n(C)c(=O)n2C.Cc1nc2c(c(=O)n(C)c(=O)n2C)n1C(C)C.Cc1oc2c(c1C(C)C)c(=O)n(C)c(=O)n2C.Cc1sc2c(c1C(C)C)c(=O)n(C)c(=O)n2C. The average Bonchev–Trinajstić information content (AvgIpc) is 2.07. The van der Waals surface area contributed by atoms with Gasteiger partial charge in [0.25, 0.3) is 27.8 Å². The third-order valence-electron chi connectivity index (χ3n) is 14.8. The largest absolute Gasteiger partial charge is 0.444 e. The minimum atomic E-state index is -0.369. The number of aryl methyl sites for hydroxylation is 9. The van der Waals surface area contributed by atoms with Crippen LogP contribution in [-0.2, 0) is 77.5 Å². The molecule has 28 heteroatoms. The van der Waals surface area contributed by atoms with E-state index in [1.54, 1.807) is 51.5 Å². The summed E-state index contributed by atoms with van der Waals surface area (Å²) >= 11 is 2.73. The fraction of sp³-hybridized carbons (Fsp3) is 0.518. The second kappa shape index (κ2) is 24.1. The maximum absolute atomic E-state index is 12.2. The van der Waals surface area contributed by atoms with E-state index in [-0.39, 0.29) is 86.0 Å². The zero-order valence-corrected chi connectivity index (χ0v) is 54.0. The van der Waals surface area contributed by atoms with Gasteiger partial charge in [0.2, 0.25) is 5.71 Å². The van der Waals surface area contributed by atoms with E-state index in [0.29, 0.717) is 54.7 Å². The van der Waals surface area contributed by atoms with Crippen molar-refractivity contribution in [2.24, 2.45) is 77.5 Å². The van der Waals surface area contributed by atoms with Gasteiger partial charge in [-0.2, -0.15) is 9.47 Å². The van der Waals surface area contributed by atoms with Crippen molar-refractivity contribution in [3.05, 3.63) is 143 Å². The summed E-state index contributed by atoms with van der Waals surface area (Å²) in [5.41, 5.74) is 2.39. The Morgan fingerprint density at radius 2 is 0.857 bits per heavy atom. The fourth-order valence-corrected chi connectivity index (χ4v) is 12.8. The molecule has 0 radical (unpaired) electrons. The first-order valence-electron chi connectivity index (χ1n) is 27.1. The van der Waals surface area contributed by atoms with E-state index in [1.165, 1.54) is 80.9 Å². The number of fused-ring (bicyclic) bond motifs is 5. The fourth-order valence-electron chi connectivity index (χ4n) is 10.5. The van der Waals surface area contributed by atoms with Crippen molar-refractivity contribution in [3.63, 3.8) is 0 Å². The van der Waals surface area contributed by atoms with Gasteiger partial charge in [-0.05, 0) is 75.4 Å². The highest BCUT2D eigenvalue weighted by molar-refractivity contribution is 7.18. The number of thiophene rings is 1. The number of hydrogen-bond donors (Lipinski definition) is 0. The number of nitrogens with zero attached hydrogens (tertiary/aromatic N) is 15. The van der Waals surface area contributed by atoms with Gasteiger partial charge >= 0.3 is 28.4 Å². The molecular formula is C56H77N15O11S2. The van der Waals surface area contributed by atoms with Gasteiger partial charge in [0.1, 0.15) is 32.0 Å². The maximum Gasteiger partial charge on any atom is 0.333 e. The lowest BCUT2D eigenvalue weighted by molar-refractivity contribution is 0.531. The molecule has 10 heterocycles. The van der Waals surface area contributed by atoms with E-state index in [4.69, 9.17) is 4.42 Å². The number of aromatic nitrogens is 15. The van der Waals surface area contributed by atoms with Gasteiger partial charge in [0, 0.05) is 94.0 Å². The van der Waals surface area contributed by atoms with E-state index >= 15 is 0 Å². The molecule has 0 aliphatic carbocycles. The summed E-state index contributed by atoms with van der Waals surface area (Å²) in [6, 6.07) is 0.130. The first-order chi connectivity index (χ1) is 38.9. The topological polar surface area (TPSA) is 282 Å². The molecule has 454 valence electrons. The van der Waals surface area contributed by atoms with Gasteiger partial charge in [-0.15, -0.1) is 11.3 Å². The Bertz CT molecular complexity index is 4410. The quantitative estimate of drug-likeness (QED) is 0.233. The average molecular weight is 1200 g/mol. The number of hydrogen-bond acceptors (Lipinski definition) is 16. The van der Waals surface area contributed by atoms with Crippen LogP contribution in [0.5, 0.6) is 0 Å². The predicted molar refractivity (Wildman–Crippen MR) is 331 cm³/mol. The molecular weight excluding hydrogens is 1120 g/mol. The van der Waals surface area contributed by atoms with E-state index in [9.17, 15) is 47.9 Å². The van der Waals surface area contributed by atoms with E-state index in [2.05, 4.69) is 28.3 Å². The summed E-state index contributed by atoms with van der Waals surface area (Å²) in [7, 11) is 17.5. The zero-order valence-electron chi connectivity index (χ0n) is 52.4. The Kier molecular flexibility index (Phi) is 18.6. The monoisotopic (exact) mass is 1200 g/mol. The highest BCUT2D eigenvalue weighted by atomic mass is 32.1. The van der Waals surface area contributed by atoms with E-state index in [1.807, 2.05) is 80.7 Å². The molecule has 10 aromatic heterocycles. The van der Waals surface area contributed by atoms with Crippen LogP contribution in [0.3, 0.4) is 0 Å². The summed E-state index contributed by atoms with van der Waals surface area (Å²) in [6.07, 6.45) is 0. The minimum Gasteiger partial charge on any atom is -0.444 e. The van der Waals surface area contributed by atoms with Crippen LogP contribution in [0, 0.1) is 20.8 Å². The lowest BCUT2D eigenvalue weighted by Gasteiger charge is -2.10. The van der Waals surface area contributed by atoms with Gasteiger partial charge in [-0.25, -0.2) is 29.0 Å². The molecule has 0 N–H and O–H groups in total. The lowest BCUT2D eigenvalue weighted by Crippen LogP contribution is -2.37. The van der Waals surface area contributed by atoms with Crippen molar-refractivity contribution in [2.75, 3.05) is 0 Å². The van der Waals surface area contributed by atoms with Crippen LogP contribution < -0.4 is 56.2 Å². The van der Waals surface area contributed by atoms with Crippen LogP contribution in [-0.4, -0.2) is 69.4 Å². The molecule has 0 aromatic carbocycles. The van der Waals surface area contributed by atoms with Crippen molar-refractivity contribution < 1.29 is 4.42 Å². The first-order valence-corrected chi connectivity index (χ1v) is 28.7. The molecule has 84 heavy (non-hydrogen) atoms. The molecule has 0 amide bonds. The van der Waals surface area contributed by atoms with Crippen molar-refractivity contribution in [1.82, 2.24) is 69.4 Å². The summed E-state index contributed by atoms with van der Waals surface area (Å²) < 4.78 is 26.2. The van der Waals surface area contributed by atoms with Crippen LogP contribution in [0.4, 0.5) is 0 Å². The van der Waals surface area contributed by atoms with E-state index in [0.717, 1.165) is 56.3 Å². The third kappa shape index (κ3) is 10.9. The van der Waals surface area contributed by atoms with Gasteiger partial charge in [-0.3, -0.25) is 74.3 Å². The van der Waals surface area contributed by atoms with Crippen molar-refractivity contribution >= 4 is 76.6 Å². The Hall–Kier alpha value is -8.27. The van der Waals surface area contributed by atoms with Crippen molar-refractivity contribution in [1.29, 1.82) is 0 Å². The number of furan rings is 1. The molecule has 0 saturated carbocycles. The number of rotatable bonds is 5. The molecule has 0 saturated heterocycles. The molecule has 10 rings (SSSR count). The Morgan fingerprint density at radius 3 is 1.33 bits per heavy atom. The van der Waals surface area contributed by atoms with Gasteiger partial charge in [-0.1, -0.05) is 55.4 Å². The van der Waals surface area contributed by atoms with Crippen LogP contribution in [0.2, 0.25) is 0 Å². The van der Waals surface area contributed by atoms with Crippen LogP contribution in [0.15, 0.2) is 52.4 Å². The Balaban J connectivity index is 0.000000168. The molecule has 0 spiro atoms.